The zero-order chi connectivity index (χ0) is 16.2. The standard InChI is InChI=1S/C17H17BrN2O2S/c18-13-6-1-2-7-14(13)19-17(22)15-8-3-9-20(15)16(21)11-12-5-4-10-23-12/h1-2,4-7,10,15H,3,8-9,11H2,(H,19,22). The lowest BCUT2D eigenvalue weighted by Gasteiger charge is -2.24. The van der Waals surface area contributed by atoms with E-state index in [0.29, 0.717) is 19.4 Å². The van der Waals surface area contributed by atoms with Gasteiger partial charge in [0.15, 0.2) is 0 Å². The van der Waals surface area contributed by atoms with Crippen LogP contribution in [0.3, 0.4) is 0 Å². The number of para-hydroxylation sites is 1. The molecule has 1 atom stereocenters. The Morgan fingerprint density at radius 1 is 1.26 bits per heavy atom. The lowest BCUT2D eigenvalue weighted by molar-refractivity contribution is -0.136. The lowest BCUT2D eigenvalue weighted by atomic mass is 10.2. The van der Waals surface area contributed by atoms with Gasteiger partial charge in [0.2, 0.25) is 11.8 Å². The SMILES string of the molecule is O=C(Nc1ccccc1Br)C1CCCN1C(=O)Cc1cccs1. The van der Waals surface area contributed by atoms with Gasteiger partial charge in [0.1, 0.15) is 6.04 Å². The number of thiophene rings is 1. The Morgan fingerprint density at radius 2 is 2.09 bits per heavy atom. The third kappa shape index (κ3) is 3.82. The Morgan fingerprint density at radius 3 is 2.83 bits per heavy atom. The first-order valence-electron chi connectivity index (χ1n) is 7.52. The van der Waals surface area contributed by atoms with Crippen LogP contribution in [-0.4, -0.2) is 29.3 Å². The average molecular weight is 393 g/mol. The Balaban J connectivity index is 1.67. The number of rotatable bonds is 4. The maximum absolute atomic E-state index is 12.6. The van der Waals surface area contributed by atoms with E-state index in [4.69, 9.17) is 0 Å². The van der Waals surface area contributed by atoms with Gasteiger partial charge in [0.25, 0.3) is 0 Å². The molecule has 3 rings (SSSR count). The summed E-state index contributed by atoms with van der Waals surface area (Å²) < 4.78 is 0.836. The number of hydrogen-bond acceptors (Lipinski definition) is 3. The monoisotopic (exact) mass is 392 g/mol. The topological polar surface area (TPSA) is 49.4 Å². The van der Waals surface area contributed by atoms with Crippen molar-refractivity contribution in [3.8, 4) is 0 Å². The Hall–Kier alpha value is -1.66. The molecule has 1 unspecified atom stereocenters. The number of carbonyl (C=O) groups is 2. The highest BCUT2D eigenvalue weighted by molar-refractivity contribution is 9.10. The summed E-state index contributed by atoms with van der Waals surface area (Å²) in [4.78, 5) is 27.8. The molecule has 120 valence electrons. The molecule has 6 heteroatoms. The van der Waals surface area contributed by atoms with E-state index >= 15 is 0 Å². The first-order valence-corrected chi connectivity index (χ1v) is 9.19. The van der Waals surface area contributed by atoms with Gasteiger partial charge in [-0.25, -0.2) is 0 Å². The summed E-state index contributed by atoms with van der Waals surface area (Å²) in [7, 11) is 0. The number of nitrogens with one attached hydrogen (secondary N) is 1. The maximum Gasteiger partial charge on any atom is 0.247 e. The third-order valence-electron chi connectivity index (χ3n) is 3.91. The Kier molecular flexibility index (Phi) is 5.13. The van der Waals surface area contributed by atoms with Crippen LogP contribution in [0.25, 0.3) is 0 Å². The van der Waals surface area contributed by atoms with Crippen molar-refractivity contribution in [1.29, 1.82) is 0 Å². The molecule has 0 saturated carbocycles. The van der Waals surface area contributed by atoms with E-state index in [-0.39, 0.29) is 17.9 Å². The van der Waals surface area contributed by atoms with Crippen LogP contribution in [0.5, 0.6) is 0 Å². The van der Waals surface area contributed by atoms with Crippen LogP contribution in [0.4, 0.5) is 5.69 Å². The highest BCUT2D eigenvalue weighted by Crippen LogP contribution is 2.25. The average Bonchev–Trinajstić information content (AvgIpc) is 3.20. The highest BCUT2D eigenvalue weighted by atomic mass is 79.9. The summed E-state index contributed by atoms with van der Waals surface area (Å²) in [5, 5.41) is 4.88. The summed E-state index contributed by atoms with van der Waals surface area (Å²) in [5.41, 5.74) is 0.732. The van der Waals surface area contributed by atoms with Crippen molar-refractivity contribution >= 4 is 44.8 Å². The van der Waals surface area contributed by atoms with Crippen molar-refractivity contribution in [1.82, 2.24) is 4.90 Å². The van der Waals surface area contributed by atoms with E-state index in [1.807, 2.05) is 41.8 Å². The zero-order valence-corrected chi connectivity index (χ0v) is 14.9. The Labute approximate surface area is 147 Å². The molecule has 2 heterocycles. The van der Waals surface area contributed by atoms with Crippen LogP contribution in [0.2, 0.25) is 0 Å². The zero-order valence-electron chi connectivity index (χ0n) is 12.5. The summed E-state index contributed by atoms with van der Waals surface area (Å²) >= 11 is 4.99. The molecule has 0 aliphatic carbocycles. The van der Waals surface area contributed by atoms with Crippen molar-refractivity contribution in [3.63, 3.8) is 0 Å². The number of anilines is 1. The molecule has 1 saturated heterocycles. The van der Waals surface area contributed by atoms with Crippen LogP contribution in [0.15, 0.2) is 46.3 Å². The van der Waals surface area contributed by atoms with E-state index in [0.717, 1.165) is 21.5 Å². The minimum absolute atomic E-state index is 0.0252. The molecule has 1 aromatic heterocycles. The maximum atomic E-state index is 12.6. The second-order valence-corrected chi connectivity index (χ2v) is 7.36. The van der Waals surface area contributed by atoms with Crippen molar-refractivity contribution in [2.45, 2.75) is 25.3 Å². The molecule has 1 aromatic carbocycles. The molecule has 1 aliphatic heterocycles. The predicted molar refractivity (Wildman–Crippen MR) is 95.5 cm³/mol. The molecular weight excluding hydrogens is 376 g/mol. The predicted octanol–water partition coefficient (Wildman–Crippen LogP) is 3.68. The fraction of sp³-hybridized carbons (Fsp3) is 0.294. The normalized spacial score (nSPS) is 17.3. The van der Waals surface area contributed by atoms with E-state index in [1.54, 1.807) is 16.2 Å². The van der Waals surface area contributed by atoms with Crippen molar-refractivity contribution < 1.29 is 9.59 Å². The molecular formula is C17H17BrN2O2S. The molecule has 23 heavy (non-hydrogen) atoms. The molecule has 1 N–H and O–H groups in total. The lowest BCUT2D eigenvalue weighted by Crippen LogP contribution is -2.43. The van der Waals surface area contributed by atoms with Gasteiger partial charge in [-0.05, 0) is 52.4 Å². The smallest absolute Gasteiger partial charge is 0.247 e. The molecule has 1 aliphatic rings. The van der Waals surface area contributed by atoms with E-state index in [1.165, 1.54) is 0 Å². The van der Waals surface area contributed by atoms with Gasteiger partial charge < -0.3 is 10.2 Å². The highest BCUT2D eigenvalue weighted by Gasteiger charge is 2.34. The van der Waals surface area contributed by atoms with E-state index < -0.39 is 0 Å². The van der Waals surface area contributed by atoms with Crippen molar-refractivity contribution in [2.24, 2.45) is 0 Å². The summed E-state index contributed by atoms with van der Waals surface area (Å²) in [6.07, 6.45) is 1.95. The van der Waals surface area contributed by atoms with Crippen LogP contribution in [-0.2, 0) is 16.0 Å². The van der Waals surface area contributed by atoms with Gasteiger partial charge in [-0.1, -0.05) is 18.2 Å². The van der Waals surface area contributed by atoms with Gasteiger partial charge >= 0.3 is 0 Å². The molecule has 2 aromatic rings. The molecule has 0 bridgehead atoms. The van der Waals surface area contributed by atoms with Crippen molar-refractivity contribution in [2.75, 3.05) is 11.9 Å². The second kappa shape index (κ2) is 7.27. The first-order chi connectivity index (χ1) is 11.1. The van der Waals surface area contributed by atoms with Crippen LogP contribution in [0.1, 0.15) is 17.7 Å². The summed E-state index contributed by atoms with van der Waals surface area (Å²) in [6, 6.07) is 11.0. The molecule has 1 fully saturated rings. The molecule has 2 amide bonds. The van der Waals surface area contributed by atoms with E-state index in [9.17, 15) is 9.59 Å². The minimum atomic E-state index is -0.380. The number of likely N-dealkylation sites (tertiary alicyclic amines) is 1. The fourth-order valence-electron chi connectivity index (χ4n) is 2.78. The third-order valence-corrected chi connectivity index (χ3v) is 5.48. The van der Waals surface area contributed by atoms with Crippen LogP contribution in [0, 0.1) is 0 Å². The number of hydrogen-bond donors (Lipinski definition) is 1. The summed E-state index contributed by atoms with van der Waals surface area (Å²) in [5.74, 6) is -0.0915. The van der Waals surface area contributed by atoms with Gasteiger partial charge in [-0.2, -0.15) is 0 Å². The number of nitrogens with zero attached hydrogens (tertiary/aromatic N) is 1. The fourth-order valence-corrected chi connectivity index (χ4v) is 3.86. The quantitative estimate of drug-likeness (QED) is 0.862. The molecule has 4 nitrogen and oxygen atoms in total. The van der Waals surface area contributed by atoms with Crippen molar-refractivity contribution in [3.05, 3.63) is 51.1 Å². The van der Waals surface area contributed by atoms with Gasteiger partial charge in [-0.3, -0.25) is 9.59 Å². The number of carbonyl (C=O) groups excluding carboxylic acids is 2. The molecule has 0 radical (unpaired) electrons. The molecule has 0 spiro atoms. The second-order valence-electron chi connectivity index (χ2n) is 5.47. The largest absolute Gasteiger partial charge is 0.330 e. The van der Waals surface area contributed by atoms with Gasteiger partial charge in [-0.15, -0.1) is 11.3 Å². The minimum Gasteiger partial charge on any atom is -0.330 e. The van der Waals surface area contributed by atoms with Crippen LogP contribution >= 0.6 is 27.3 Å². The summed E-state index contributed by atoms with van der Waals surface area (Å²) in [6.45, 7) is 0.651. The first kappa shape index (κ1) is 16.2. The number of benzene rings is 1. The van der Waals surface area contributed by atoms with E-state index in [2.05, 4.69) is 21.2 Å². The number of amides is 2. The van der Waals surface area contributed by atoms with Gasteiger partial charge in [0.05, 0.1) is 12.1 Å². The Bertz CT molecular complexity index is 702. The van der Waals surface area contributed by atoms with Crippen LogP contribution < -0.4 is 5.32 Å². The number of halogens is 1. The van der Waals surface area contributed by atoms with Gasteiger partial charge in [0, 0.05) is 15.9 Å².